The molecule has 0 bridgehead atoms. The Bertz CT molecular complexity index is 817. The van der Waals surface area contributed by atoms with Crippen molar-refractivity contribution in [3.05, 3.63) is 35.0 Å². The number of amides is 3. The van der Waals surface area contributed by atoms with Gasteiger partial charge in [-0.2, -0.15) is 0 Å². The van der Waals surface area contributed by atoms with Crippen molar-refractivity contribution in [3.8, 4) is 0 Å². The molecule has 8 nitrogen and oxygen atoms in total. The topological polar surface area (TPSA) is 113 Å². The molecule has 0 saturated heterocycles. The molecule has 0 aliphatic rings. The first kappa shape index (κ1) is 15.4. The standard InChI is InChI=1S/C13H12N6O2S2/c20-9(19-13(21)14-4-8-2-1-3-22-8)5-23-12-10-11(16-6-15-10)17-7-18-12/h1-3,6-7H,4-5H2,(H2,14,19,20,21)(H,15,16,17,18). The molecule has 3 aromatic rings. The number of carbonyl (C=O) groups is 2. The molecule has 3 aromatic heterocycles. The van der Waals surface area contributed by atoms with E-state index in [1.165, 1.54) is 35.8 Å². The van der Waals surface area contributed by atoms with Crippen molar-refractivity contribution in [2.45, 2.75) is 11.6 Å². The van der Waals surface area contributed by atoms with Crippen molar-refractivity contribution in [2.24, 2.45) is 0 Å². The van der Waals surface area contributed by atoms with Gasteiger partial charge < -0.3 is 10.3 Å². The molecule has 118 valence electrons. The summed E-state index contributed by atoms with van der Waals surface area (Å²) in [6.45, 7) is 0.393. The Morgan fingerprint density at radius 1 is 1.30 bits per heavy atom. The molecule has 3 heterocycles. The average Bonchev–Trinajstić information content (AvgIpc) is 3.22. The van der Waals surface area contributed by atoms with Crippen molar-refractivity contribution < 1.29 is 9.59 Å². The van der Waals surface area contributed by atoms with E-state index in [2.05, 4.69) is 30.6 Å². The third-order valence-corrected chi connectivity index (χ3v) is 4.65. The first-order valence-electron chi connectivity index (χ1n) is 6.59. The zero-order valence-electron chi connectivity index (χ0n) is 11.8. The number of hydrogen-bond acceptors (Lipinski definition) is 7. The first-order chi connectivity index (χ1) is 11.2. The highest BCUT2D eigenvalue weighted by Gasteiger charge is 2.11. The molecule has 0 radical (unpaired) electrons. The maximum Gasteiger partial charge on any atom is 0.321 e. The molecule has 0 atom stereocenters. The third-order valence-electron chi connectivity index (χ3n) is 2.78. The smallest absolute Gasteiger partial charge is 0.321 e. The number of nitrogens with zero attached hydrogens (tertiary/aromatic N) is 3. The number of rotatable bonds is 5. The van der Waals surface area contributed by atoms with Crippen LogP contribution in [0.5, 0.6) is 0 Å². The largest absolute Gasteiger partial charge is 0.341 e. The highest BCUT2D eigenvalue weighted by molar-refractivity contribution is 8.00. The van der Waals surface area contributed by atoms with Crippen LogP contribution in [0.3, 0.4) is 0 Å². The van der Waals surface area contributed by atoms with Gasteiger partial charge in [0.15, 0.2) is 5.65 Å². The second-order valence-corrected chi connectivity index (χ2v) is 6.38. The highest BCUT2D eigenvalue weighted by Crippen LogP contribution is 2.21. The number of nitrogens with one attached hydrogen (secondary N) is 3. The van der Waals surface area contributed by atoms with E-state index in [4.69, 9.17) is 0 Å². The zero-order chi connectivity index (χ0) is 16.1. The molecule has 0 fully saturated rings. The molecule has 0 aromatic carbocycles. The summed E-state index contributed by atoms with van der Waals surface area (Å²) in [6, 6.07) is 3.30. The second-order valence-electron chi connectivity index (χ2n) is 4.38. The van der Waals surface area contributed by atoms with Crippen LogP contribution in [0.1, 0.15) is 4.88 Å². The van der Waals surface area contributed by atoms with Gasteiger partial charge in [0.05, 0.1) is 18.6 Å². The Morgan fingerprint density at radius 3 is 3.04 bits per heavy atom. The van der Waals surface area contributed by atoms with Gasteiger partial charge in [0.2, 0.25) is 5.91 Å². The number of H-pyrrole nitrogens is 1. The van der Waals surface area contributed by atoms with Crippen molar-refractivity contribution in [1.29, 1.82) is 0 Å². The maximum absolute atomic E-state index is 11.8. The number of aromatic nitrogens is 4. The van der Waals surface area contributed by atoms with Gasteiger partial charge in [-0.1, -0.05) is 17.8 Å². The lowest BCUT2D eigenvalue weighted by atomic mass is 10.5. The SMILES string of the molecule is O=C(CSc1ncnc2nc[nH]c12)NC(=O)NCc1cccs1. The van der Waals surface area contributed by atoms with Gasteiger partial charge in [0.1, 0.15) is 16.9 Å². The van der Waals surface area contributed by atoms with Crippen LogP contribution in [0, 0.1) is 0 Å². The lowest BCUT2D eigenvalue weighted by Gasteiger charge is -2.05. The van der Waals surface area contributed by atoms with Crippen LogP contribution in [0.2, 0.25) is 0 Å². The number of imidazole rings is 1. The summed E-state index contributed by atoms with van der Waals surface area (Å²) in [6.07, 6.45) is 2.90. The maximum atomic E-state index is 11.8. The van der Waals surface area contributed by atoms with Crippen molar-refractivity contribution >= 4 is 46.2 Å². The molecule has 23 heavy (non-hydrogen) atoms. The number of fused-ring (bicyclic) bond motifs is 1. The van der Waals surface area contributed by atoms with Crippen LogP contribution < -0.4 is 10.6 Å². The van der Waals surface area contributed by atoms with E-state index in [1.807, 2.05) is 17.5 Å². The Hall–Kier alpha value is -2.46. The van der Waals surface area contributed by atoms with Crippen LogP contribution in [0.4, 0.5) is 4.79 Å². The first-order valence-corrected chi connectivity index (χ1v) is 8.46. The highest BCUT2D eigenvalue weighted by atomic mass is 32.2. The molecule has 0 saturated carbocycles. The number of hydrogen-bond donors (Lipinski definition) is 3. The third kappa shape index (κ3) is 4.05. The monoisotopic (exact) mass is 348 g/mol. The van der Waals surface area contributed by atoms with Crippen LogP contribution in [0.25, 0.3) is 11.2 Å². The molecule has 0 aliphatic carbocycles. The minimum absolute atomic E-state index is 0.0670. The van der Waals surface area contributed by atoms with Crippen LogP contribution >= 0.6 is 23.1 Å². The summed E-state index contributed by atoms with van der Waals surface area (Å²) in [5.74, 6) is -0.331. The predicted octanol–water partition coefficient (Wildman–Crippen LogP) is 1.53. The molecular weight excluding hydrogens is 336 g/mol. The molecule has 10 heteroatoms. The molecule has 0 unspecified atom stereocenters. The van der Waals surface area contributed by atoms with Gasteiger partial charge in [-0.3, -0.25) is 10.1 Å². The molecule has 3 N–H and O–H groups in total. The van der Waals surface area contributed by atoms with E-state index >= 15 is 0 Å². The van der Waals surface area contributed by atoms with Gasteiger partial charge in [-0.05, 0) is 11.4 Å². The van der Waals surface area contributed by atoms with Gasteiger partial charge >= 0.3 is 6.03 Å². The number of thioether (sulfide) groups is 1. The number of thiophene rings is 1. The summed E-state index contributed by atoms with van der Waals surface area (Å²) in [5, 5.41) is 7.45. The van der Waals surface area contributed by atoms with E-state index in [0.29, 0.717) is 22.7 Å². The van der Waals surface area contributed by atoms with E-state index in [0.717, 1.165) is 4.88 Å². The van der Waals surface area contributed by atoms with E-state index in [1.54, 1.807) is 0 Å². The van der Waals surface area contributed by atoms with E-state index < -0.39 is 11.9 Å². The molecule has 0 aliphatic heterocycles. The van der Waals surface area contributed by atoms with Crippen molar-refractivity contribution in [2.75, 3.05) is 5.75 Å². The summed E-state index contributed by atoms with van der Waals surface area (Å²) in [4.78, 5) is 39.5. The lowest BCUT2D eigenvalue weighted by Crippen LogP contribution is -2.39. The van der Waals surface area contributed by atoms with Gasteiger partial charge in [-0.25, -0.2) is 19.7 Å². The fraction of sp³-hybridized carbons (Fsp3) is 0.154. The fourth-order valence-corrected chi connectivity index (χ4v) is 3.17. The van der Waals surface area contributed by atoms with Gasteiger partial charge in [-0.15, -0.1) is 11.3 Å². The van der Waals surface area contributed by atoms with E-state index in [9.17, 15) is 9.59 Å². The summed E-state index contributed by atoms with van der Waals surface area (Å²) in [7, 11) is 0. The number of aromatic amines is 1. The van der Waals surface area contributed by atoms with Gasteiger partial charge in [0, 0.05) is 4.88 Å². The molecular formula is C13H12N6O2S2. The average molecular weight is 348 g/mol. The minimum Gasteiger partial charge on any atom is -0.341 e. The lowest BCUT2D eigenvalue weighted by molar-refractivity contribution is -0.117. The van der Waals surface area contributed by atoms with Crippen LogP contribution in [0.15, 0.2) is 35.2 Å². The normalized spacial score (nSPS) is 10.6. The number of urea groups is 1. The Labute approximate surface area is 139 Å². The van der Waals surface area contributed by atoms with Crippen LogP contribution in [-0.2, 0) is 11.3 Å². The molecule has 3 rings (SSSR count). The summed E-state index contributed by atoms with van der Waals surface area (Å²) >= 11 is 2.75. The summed E-state index contributed by atoms with van der Waals surface area (Å²) < 4.78 is 0. The second kappa shape index (κ2) is 7.20. The zero-order valence-corrected chi connectivity index (χ0v) is 13.4. The summed E-state index contributed by atoms with van der Waals surface area (Å²) in [5.41, 5.74) is 1.21. The minimum atomic E-state index is -0.515. The van der Waals surface area contributed by atoms with Crippen LogP contribution in [-0.4, -0.2) is 37.6 Å². The Kier molecular flexibility index (Phi) is 4.83. The predicted molar refractivity (Wildman–Crippen MR) is 87.1 cm³/mol. The van der Waals surface area contributed by atoms with Crippen molar-refractivity contribution in [3.63, 3.8) is 0 Å². The molecule has 3 amide bonds. The number of carbonyl (C=O) groups excluding carboxylic acids is 2. The quantitative estimate of drug-likeness (QED) is 0.476. The van der Waals surface area contributed by atoms with Crippen molar-refractivity contribution in [1.82, 2.24) is 30.6 Å². The number of imide groups is 1. The van der Waals surface area contributed by atoms with E-state index in [-0.39, 0.29) is 5.75 Å². The Balaban J connectivity index is 1.47. The fourth-order valence-electron chi connectivity index (χ4n) is 1.77. The molecule has 0 spiro atoms. The van der Waals surface area contributed by atoms with Gasteiger partial charge in [0.25, 0.3) is 0 Å². The Morgan fingerprint density at radius 2 is 2.22 bits per heavy atom.